The molecule has 0 aliphatic carbocycles. The maximum Gasteiger partial charge on any atom is 0.164 e. The van der Waals surface area contributed by atoms with Crippen molar-refractivity contribution in [2.24, 2.45) is 0 Å². The first kappa shape index (κ1) is 32.6. The lowest BCUT2D eigenvalue weighted by molar-refractivity contribution is 1.08. The van der Waals surface area contributed by atoms with E-state index in [0.717, 1.165) is 22.1 Å². The molecule has 55 heavy (non-hydrogen) atoms. The van der Waals surface area contributed by atoms with Gasteiger partial charge in [0.25, 0.3) is 0 Å². The fraction of sp³-hybridized carbons (Fsp3) is 0. The minimum atomic E-state index is 0.659. The Morgan fingerprint density at radius 2 is 0.673 bits per heavy atom. The van der Waals surface area contributed by atoms with E-state index in [0.29, 0.717) is 17.5 Å². The van der Waals surface area contributed by atoms with E-state index in [-0.39, 0.29) is 0 Å². The molecule has 4 heteroatoms. The van der Waals surface area contributed by atoms with E-state index in [1.807, 2.05) is 60.7 Å². The van der Waals surface area contributed by atoms with Gasteiger partial charge in [-0.15, -0.1) is 11.3 Å². The number of thiophene rings is 1. The number of rotatable bonds is 7. The molecule has 0 amide bonds. The zero-order valence-corrected chi connectivity index (χ0v) is 30.6. The van der Waals surface area contributed by atoms with Gasteiger partial charge in [-0.05, 0) is 74.8 Å². The van der Waals surface area contributed by atoms with Crippen LogP contribution in [0.25, 0.3) is 98.8 Å². The zero-order valence-electron chi connectivity index (χ0n) is 29.8. The fourth-order valence-electron chi connectivity index (χ4n) is 7.36. The molecule has 0 atom stereocenters. The van der Waals surface area contributed by atoms with Crippen molar-refractivity contribution in [3.8, 4) is 78.7 Å². The molecule has 2 aromatic heterocycles. The van der Waals surface area contributed by atoms with Gasteiger partial charge in [-0.25, -0.2) is 15.0 Å². The van der Waals surface area contributed by atoms with Crippen LogP contribution in [0.4, 0.5) is 0 Å². The highest BCUT2D eigenvalue weighted by molar-refractivity contribution is 7.26. The summed E-state index contributed by atoms with van der Waals surface area (Å²) in [6.07, 6.45) is 0. The summed E-state index contributed by atoms with van der Waals surface area (Å²) < 4.78 is 2.43. The zero-order chi connectivity index (χ0) is 36.6. The minimum absolute atomic E-state index is 0.659. The van der Waals surface area contributed by atoms with E-state index < -0.39 is 0 Å². The van der Waals surface area contributed by atoms with Gasteiger partial charge in [0.15, 0.2) is 17.5 Å². The molecule has 258 valence electrons. The van der Waals surface area contributed by atoms with Crippen molar-refractivity contribution in [3.63, 3.8) is 0 Å². The van der Waals surface area contributed by atoms with Crippen LogP contribution in [0.1, 0.15) is 0 Å². The van der Waals surface area contributed by atoms with Crippen LogP contribution in [0.15, 0.2) is 200 Å². The fourth-order valence-corrected chi connectivity index (χ4v) is 8.48. The largest absolute Gasteiger partial charge is 0.208 e. The topological polar surface area (TPSA) is 38.7 Å². The van der Waals surface area contributed by atoms with Gasteiger partial charge in [0, 0.05) is 36.9 Å². The molecule has 0 saturated heterocycles. The third-order valence-electron chi connectivity index (χ3n) is 10.2. The molecule has 0 radical (unpaired) electrons. The van der Waals surface area contributed by atoms with Crippen LogP contribution in [0.3, 0.4) is 0 Å². The number of nitrogens with zero attached hydrogens (tertiary/aromatic N) is 3. The summed E-state index contributed by atoms with van der Waals surface area (Å²) in [4.78, 5) is 15.1. The summed E-state index contributed by atoms with van der Waals surface area (Å²) in [5.74, 6) is 1.98. The highest BCUT2D eigenvalue weighted by Crippen LogP contribution is 2.42. The van der Waals surface area contributed by atoms with Gasteiger partial charge in [0.1, 0.15) is 0 Å². The number of benzene rings is 8. The number of fused-ring (bicyclic) bond motifs is 3. The summed E-state index contributed by atoms with van der Waals surface area (Å²) in [6.45, 7) is 0. The third kappa shape index (κ3) is 6.39. The van der Waals surface area contributed by atoms with Crippen LogP contribution < -0.4 is 0 Å². The quantitative estimate of drug-likeness (QED) is 0.165. The molecule has 0 saturated carbocycles. The van der Waals surface area contributed by atoms with Crippen LogP contribution in [-0.4, -0.2) is 15.0 Å². The molecule has 0 aliphatic rings. The first-order chi connectivity index (χ1) is 27.2. The van der Waals surface area contributed by atoms with E-state index >= 15 is 0 Å². The predicted molar refractivity (Wildman–Crippen MR) is 231 cm³/mol. The van der Waals surface area contributed by atoms with Crippen molar-refractivity contribution in [1.29, 1.82) is 0 Å². The third-order valence-corrected chi connectivity index (χ3v) is 11.3. The maximum absolute atomic E-state index is 5.09. The Kier molecular flexibility index (Phi) is 8.36. The van der Waals surface area contributed by atoms with E-state index in [2.05, 4.69) is 140 Å². The molecule has 8 aromatic carbocycles. The van der Waals surface area contributed by atoms with Crippen molar-refractivity contribution in [1.82, 2.24) is 15.0 Å². The Hall–Kier alpha value is -7.01. The van der Waals surface area contributed by atoms with Gasteiger partial charge >= 0.3 is 0 Å². The second-order valence-electron chi connectivity index (χ2n) is 13.6. The number of aromatic nitrogens is 3. The van der Waals surface area contributed by atoms with Crippen LogP contribution in [0.2, 0.25) is 0 Å². The molecular formula is C51H33N3S. The second-order valence-corrected chi connectivity index (χ2v) is 14.7. The Balaban J connectivity index is 1.04. The monoisotopic (exact) mass is 719 g/mol. The molecule has 0 bridgehead atoms. The Labute approximate surface area is 323 Å². The highest BCUT2D eigenvalue weighted by atomic mass is 32.1. The summed E-state index contributed by atoms with van der Waals surface area (Å²) in [5.41, 5.74) is 12.5. The Morgan fingerprint density at radius 3 is 1.24 bits per heavy atom. The molecule has 3 nitrogen and oxygen atoms in total. The van der Waals surface area contributed by atoms with E-state index in [4.69, 9.17) is 15.0 Å². The van der Waals surface area contributed by atoms with Gasteiger partial charge in [0.2, 0.25) is 0 Å². The average Bonchev–Trinajstić information content (AvgIpc) is 3.66. The lowest BCUT2D eigenvalue weighted by Gasteiger charge is -2.10. The highest BCUT2D eigenvalue weighted by Gasteiger charge is 2.17. The van der Waals surface area contributed by atoms with Crippen LogP contribution in [0, 0.1) is 0 Å². The van der Waals surface area contributed by atoms with Gasteiger partial charge in [0.05, 0.1) is 0 Å². The summed E-state index contributed by atoms with van der Waals surface area (Å²) >= 11 is 1.80. The van der Waals surface area contributed by atoms with Crippen molar-refractivity contribution >= 4 is 31.5 Å². The predicted octanol–water partition coefficient (Wildman–Crippen LogP) is 13.9. The summed E-state index contributed by atoms with van der Waals surface area (Å²) in [6, 6.07) is 70.7. The summed E-state index contributed by atoms with van der Waals surface area (Å²) in [7, 11) is 0. The molecule has 10 aromatic rings. The van der Waals surface area contributed by atoms with Gasteiger partial charge < -0.3 is 0 Å². The first-order valence-electron chi connectivity index (χ1n) is 18.4. The van der Waals surface area contributed by atoms with Crippen molar-refractivity contribution in [2.45, 2.75) is 0 Å². The molecule has 10 rings (SSSR count). The molecule has 0 unspecified atom stereocenters. The van der Waals surface area contributed by atoms with E-state index in [1.165, 1.54) is 59.3 Å². The van der Waals surface area contributed by atoms with Crippen LogP contribution in [-0.2, 0) is 0 Å². The lowest BCUT2D eigenvalue weighted by Crippen LogP contribution is -2.00. The maximum atomic E-state index is 5.09. The Morgan fingerprint density at radius 1 is 0.273 bits per heavy atom. The standard InChI is InChI=1S/C51H33N3S/c1-4-13-34(14-5-1)35-25-27-36(28-26-35)39-19-10-20-40(31-39)41-21-11-22-42(32-41)43-29-30-46-45(33-43)48-44(23-12-24-47(48)55-46)51-53-49(37-15-6-2-7-16-37)52-50(54-51)38-17-8-3-9-18-38/h1-33H. The van der Waals surface area contributed by atoms with Gasteiger partial charge in [-0.1, -0.05) is 170 Å². The Bertz CT molecular complexity index is 2900. The van der Waals surface area contributed by atoms with Crippen molar-refractivity contribution < 1.29 is 0 Å². The molecule has 0 fully saturated rings. The van der Waals surface area contributed by atoms with Crippen LogP contribution >= 0.6 is 11.3 Å². The molecule has 0 aliphatic heterocycles. The molecule has 0 spiro atoms. The number of hydrogen-bond acceptors (Lipinski definition) is 4. The van der Waals surface area contributed by atoms with Gasteiger partial charge in [-0.3, -0.25) is 0 Å². The molecule has 2 heterocycles. The van der Waals surface area contributed by atoms with Crippen molar-refractivity contribution in [3.05, 3.63) is 200 Å². The van der Waals surface area contributed by atoms with Gasteiger partial charge in [-0.2, -0.15) is 0 Å². The summed E-state index contributed by atoms with van der Waals surface area (Å²) in [5, 5.41) is 2.36. The normalized spacial score (nSPS) is 11.3. The first-order valence-corrected chi connectivity index (χ1v) is 19.2. The second kappa shape index (κ2) is 14.1. The number of hydrogen-bond donors (Lipinski definition) is 0. The van der Waals surface area contributed by atoms with E-state index in [9.17, 15) is 0 Å². The minimum Gasteiger partial charge on any atom is -0.208 e. The van der Waals surface area contributed by atoms with Crippen molar-refractivity contribution in [2.75, 3.05) is 0 Å². The average molecular weight is 720 g/mol. The SMILES string of the molecule is c1ccc(-c2ccc(-c3cccc(-c4cccc(-c5ccc6sc7cccc(-c8nc(-c9ccccc9)nc(-c9ccccc9)n8)c7c6c5)c4)c3)cc2)cc1. The molecule has 0 N–H and O–H groups in total. The smallest absolute Gasteiger partial charge is 0.164 e. The van der Waals surface area contributed by atoms with E-state index in [1.54, 1.807) is 11.3 Å². The molecular weight excluding hydrogens is 687 g/mol. The van der Waals surface area contributed by atoms with Crippen LogP contribution in [0.5, 0.6) is 0 Å². The lowest BCUT2D eigenvalue weighted by atomic mass is 9.95.